The molecule has 25 heavy (non-hydrogen) atoms. The number of aromatic nitrogens is 2. The van der Waals surface area contributed by atoms with Crippen LogP contribution in [0.3, 0.4) is 0 Å². The minimum atomic E-state index is -0.599. The van der Waals surface area contributed by atoms with Crippen LogP contribution >= 0.6 is 0 Å². The van der Waals surface area contributed by atoms with Gasteiger partial charge in [0.1, 0.15) is 5.82 Å². The third-order valence-electron chi connectivity index (χ3n) is 3.77. The summed E-state index contributed by atoms with van der Waals surface area (Å²) in [4.78, 5) is 28.1. The molecule has 0 radical (unpaired) electrons. The summed E-state index contributed by atoms with van der Waals surface area (Å²) in [7, 11) is 0. The van der Waals surface area contributed by atoms with Gasteiger partial charge in [-0.1, -0.05) is 36.4 Å². The first kappa shape index (κ1) is 16.5. The third-order valence-corrected chi connectivity index (χ3v) is 3.77. The molecular formula is C18H15FN4O2. The summed E-state index contributed by atoms with van der Waals surface area (Å²) in [6.45, 7) is 0.00284. The smallest absolute Gasteiger partial charge is 0.265 e. The molecule has 0 atom stereocenters. The normalized spacial score (nSPS) is 10.5. The maximum absolute atomic E-state index is 14.2. The Morgan fingerprint density at radius 1 is 1.20 bits per heavy atom. The number of hydrogen-bond donors (Lipinski definition) is 2. The van der Waals surface area contributed by atoms with Crippen molar-refractivity contribution in [2.24, 2.45) is 5.84 Å². The minimum Gasteiger partial charge on any atom is -0.294 e. The van der Waals surface area contributed by atoms with Crippen LogP contribution in [0.15, 0.2) is 65.8 Å². The first-order chi connectivity index (χ1) is 12.1. The quantitative estimate of drug-likeness (QED) is 0.430. The highest BCUT2D eigenvalue weighted by Crippen LogP contribution is 2.15. The molecular weight excluding hydrogens is 323 g/mol. The van der Waals surface area contributed by atoms with Gasteiger partial charge in [-0.2, -0.15) is 0 Å². The van der Waals surface area contributed by atoms with Crippen LogP contribution in [0.2, 0.25) is 0 Å². The summed E-state index contributed by atoms with van der Waals surface area (Å²) < 4.78 is 15.6. The van der Waals surface area contributed by atoms with Crippen molar-refractivity contribution in [1.82, 2.24) is 15.0 Å². The molecule has 1 heterocycles. The van der Waals surface area contributed by atoms with Gasteiger partial charge in [-0.15, -0.1) is 0 Å². The van der Waals surface area contributed by atoms with Gasteiger partial charge in [0.15, 0.2) is 0 Å². The highest BCUT2D eigenvalue weighted by atomic mass is 19.1. The number of amides is 1. The Balaban J connectivity index is 1.94. The fraction of sp³-hybridized carbons (Fsp3) is 0.0556. The Bertz CT molecular complexity index is 970. The maximum Gasteiger partial charge on any atom is 0.265 e. The van der Waals surface area contributed by atoms with Crippen LogP contribution in [-0.2, 0) is 6.54 Å². The topological polar surface area (TPSA) is 90.0 Å². The molecule has 1 aromatic heterocycles. The second-order valence-corrected chi connectivity index (χ2v) is 5.39. The van der Waals surface area contributed by atoms with Crippen LogP contribution in [0.4, 0.5) is 4.39 Å². The van der Waals surface area contributed by atoms with E-state index < -0.39 is 11.7 Å². The number of carbonyl (C=O) groups excluding carboxylic acids is 1. The van der Waals surface area contributed by atoms with Crippen LogP contribution in [-0.4, -0.2) is 15.5 Å². The zero-order valence-corrected chi connectivity index (χ0v) is 13.1. The monoisotopic (exact) mass is 338 g/mol. The second kappa shape index (κ2) is 7.06. The van der Waals surface area contributed by atoms with Crippen LogP contribution in [0.25, 0.3) is 11.1 Å². The van der Waals surface area contributed by atoms with E-state index in [4.69, 9.17) is 5.84 Å². The number of rotatable bonds is 4. The Morgan fingerprint density at radius 2 is 1.96 bits per heavy atom. The fourth-order valence-electron chi connectivity index (χ4n) is 2.46. The summed E-state index contributed by atoms with van der Waals surface area (Å²) in [5, 5.41) is 0. The third kappa shape index (κ3) is 3.46. The lowest BCUT2D eigenvalue weighted by molar-refractivity contribution is 0.0953. The number of nitrogen functional groups attached to an aromatic ring is 1. The Kier molecular flexibility index (Phi) is 4.67. The Labute approximate surface area is 142 Å². The molecule has 6 nitrogen and oxygen atoms in total. The number of benzene rings is 2. The van der Waals surface area contributed by atoms with Gasteiger partial charge >= 0.3 is 0 Å². The van der Waals surface area contributed by atoms with Crippen LogP contribution in [0, 0.1) is 5.82 Å². The molecule has 0 saturated heterocycles. The summed E-state index contributed by atoms with van der Waals surface area (Å²) in [5.74, 6) is 3.85. The molecule has 3 aromatic rings. The minimum absolute atomic E-state index is 0.00284. The van der Waals surface area contributed by atoms with E-state index in [1.54, 1.807) is 0 Å². The van der Waals surface area contributed by atoms with E-state index in [9.17, 15) is 14.0 Å². The number of halogens is 1. The van der Waals surface area contributed by atoms with Crippen molar-refractivity contribution in [2.75, 3.05) is 0 Å². The maximum atomic E-state index is 14.2. The molecule has 0 fully saturated rings. The average Bonchev–Trinajstić information content (AvgIpc) is 2.65. The van der Waals surface area contributed by atoms with Crippen molar-refractivity contribution in [3.63, 3.8) is 0 Å². The molecule has 0 bridgehead atoms. The van der Waals surface area contributed by atoms with Gasteiger partial charge < -0.3 is 0 Å². The average molecular weight is 338 g/mol. The van der Waals surface area contributed by atoms with Crippen LogP contribution in [0.5, 0.6) is 0 Å². The summed E-state index contributed by atoms with van der Waals surface area (Å²) in [6, 6.07) is 13.1. The predicted octanol–water partition coefficient (Wildman–Crippen LogP) is 1.70. The fourth-order valence-corrected chi connectivity index (χ4v) is 2.46. The molecule has 2 aromatic carbocycles. The van der Waals surface area contributed by atoms with E-state index >= 15 is 0 Å². The number of hydrazine groups is 1. The van der Waals surface area contributed by atoms with Crippen molar-refractivity contribution in [2.45, 2.75) is 6.54 Å². The lowest BCUT2D eigenvalue weighted by Crippen LogP contribution is -2.30. The SMILES string of the molecule is NNC(=O)c1ccc(Cn2cncc(-c3ccccc3)c2=O)c(F)c1. The molecule has 3 rings (SSSR count). The first-order valence-corrected chi connectivity index (χ1v) is 7.49. The largest absolute Gasteiger partial charge is 0.294 e. The highest BCUT2D eigenvalue weighted by Gasteiger charge is 2.11. The highest BCUT2D eigenvalue weighted by molar-refractivity contribution is 5.93. The zero-order chi connectivity index (χ0) is 17.8. The number of nitrogens with one attached hydrogen (secondary N) is 1. The lowest BCUT2D eigenvalue weighted by Gasteiger charge is -2.09. The Hall–Kier alpha value is -3.32. The molecule has 0 aliphatic carbocycles. The van der Waals surface area contributed by atoms with E-state index in [2.05, 4.69) is 4.98 Å². The molecule has 0 aliphatic rings. The molecule has 0 aliphatic heterocycles. The van der Waals surface area contributed by atoms with E-state index in [1.165, 1.54) is 29.2 Å². The predicted molar refractivity (Wildman–Crippen MR) is 91.1 cm³/mol. The van der Waals surface area contributed by atoms with Gasteiger partial charge in [0.25, 0.3) is 11.5 Å². The van der Waals surface area contributed by atoms with Gasteiger partial charge in [0.05, 0.1) is 18.4 Å². The number of nitrogens with zero attached hydrogens (tertiary/aromatic N) is 2. The second-order valence-electron chi connectivity index (χ2n) is 5.39. The molecule has 126 valence electrons. The van der Waals surface area contributed by atoms with E-state index in [-0.39, 0.29) is 23.2 Å². The molecule has 0 spiro atoms. The molecule has 0 unspecified atom stereocenters. The van der Waals surface area contributed by atoms with Crippen LogP contribution < -0.4 is 16.8 Å². The van der Waals surface area contributed by atoms with Gasteiger partial charge in [-0.25, -0.2) is 15.2 Å². The zero-order valence-electron chi connectivity index (χ0n) is 13.1. The molecule has 1 amide bonds. The summed E-state index contributed by atoms with van der Waals surface area (Å²) >= 11 is 0. The summed E-state index contributed by atoms with van der Waals surface area (Å²) in [6.07, 6.45) is 2.84. The standard InChI is InChI=1S/C18H15FN4O2/c19-16-8-13(17(24)22-20)6-7-14(16)10-23-11-21-9-15(18(23)25)12-4-2-1-3-5-12/h1-9,11H,10,20H2,(H,22,24). The van der Waals surface area contributed by atoms with Crippen molar-refractivity contribution < 1.29 is 9.18 Å². The number of carbonyl (C=O) groups is 1. The lowest BCUT2D eigenvalue weighted by atomic mass is 10.1. The number of hydrogen-bond acceptors (Lipinski definition) is 4. The summed E-state index contributed by atoms with van der Waals surface area (Å²) in [5.41, 5.74) is 3.21. The van der Waals surface area contributed by atoms with E-state index in [1.807, 2.05) is 35.8 Å². The first-order valence-electron chi connectivity index (χ1n) is 7.49. The van der Waals surface area contributed by atoms with Crippen LogP contribution in [0.1, 0.15) is 15.9 Å². The van der Waals surface area contributed by atoms with Crippen molar-refractivity contribution >= 4 is 5.91 Å². The van der Waals surface area contributed by atoms with Crippen molar-refractivity contribution in [3.8, 4) is 11.1 Å². The van der Waals surface area contributed by atoms with Gasteiger partial charge in [-0.3, -0.25) is 19.6 Å². The van der Waals surface area contributed by atoms with Crippen molar-refractivity contribution in [1.29, 1.82) is 0 Å². The molecule has 7 heteroatoms. The van der Waals surface area contributed by atoms with Gasteiger partial charge in [-0.05, 0) is 17.7 Å². The Morgan fingerprint density at radius 3 is 2.64 bits per heavy atom. The molecule has 3 N–H and O–H groups in total. The van der Waals surface area contributed by atoms with E-state index in [0.29, 0.717) is 5.56 Å². The number of nitrogens with two attached hydrogens (primary N) is 1. The van der Waals surface area contributed by atoms with Gasteiger partial charge in [0.2, 0.25) is 0 Å². The van der Waals surface area contributed by atoms with Crippen molar-refractivity contribution in [3.05, 3.63) is 88.4 Å². The van der Waals surface area contributed by atoms with E-state index in [0.717, 1.165) is 11.6 Å². The molecule has 0 saturated carbocycles. The van der Waals surface area contributed by atoms with Gasteiger partial charge in [0, 0.05) is 17.3 Å².